The Kier molecular flexibility index (Phi) is 4.76. The number of thioether (sulfide) groups is 1. The van der Waals surface area contributed by atoms with E-state index in [1.165, 1.54) is 11.8 Å². The first kappa shape index (κ1) is 12.2. The number of nitriles is 1. The highest BCUT2D eigenvalue weighted by molar-refractivity contribution is 8.13. The van der Waals surface area contributed by atoms with E-state index in [0.29, 0.717) is 20.9 Å². The van der Waals surface area contributed by atoms with Crippen LogP contribution in [0.1, 0.15) is 0 Å². The highest BCUT2D eigenvalue weighted by Gasteiger charge is 2.04. The van der Waals surface area contributed by atoms with Crippen LogP contribution in [0.3, 0.4) is 0 Å². The van der Waals surface area contributed by atoms with Crippen molar-refractivity contribution in [1.29, 1.82) is 5.26 Å². The van der Waals surface area contributed by atoms with Gasteiger partial charge in [-0.1, -0.05) is 41.0 Å². The monoisotopic (exact) mass is 259 g/mol. The van der Waals surface area contributed by atoms with E-state index in [2.05, 4.69) is 10.3 Å². The predicted octanol–water partition coefficient (Wildman–Crippen LogP) is 3.41. The summed E-state index contributed by atoms with van der Waals surface area (Å²) in [6, 6.07) is 5.15. The zero-order valence-electron chi connectivity index (χ0n) is 7.79. The van der Waals surface area contributed by atoms with Crippen molar-refractivity contribution in [2.45, 2.75) is 0 Å². The van der Waals surface area contributed by atoms with Gasteiger partial charge in [0.25, 0.3) is 0 Å². The van der Waals surface area contributed by atoms with Gasteiger partial charge in [-0.3, -0.25) is 5.32 Å². The molecule has 0 aliphatic heterocycles. The van der Waals surface area contributed by atoms with Gasteiger partial charge in [-0.15, -0.1) is 0 Å². The number of benzene rings is 1. The molecule has 0 saturated carbocycles. The van der Waals surface area contributed by atoms with Crippen molar-refractivity contribution in [3.8, 4) is 6.19 Å². The second-order valence-corrected chi connectivity index (χ2v) is 4.01. The lowest BCUT2D eigenvalue weighted by Crippen LogP contribution is -2.12. The molecule has 1 rings (SSSR count). The Hall–Kier alpha value is -0.890. The Morgan fingerprint density at radius 3 is 2.87 bits per heavy atom. The third-order valence-corrected chi connectivity index (χ3v) is 2.90. The molecule has 0 aliphatic rings. The molecule has 0 unspecified atom stereocenters. The van der Waals surface area contributed by atoms with E-state index in [-0.39, 0.29) is 0 Å². The topological polar surface area (TPSA) is 48.2 Å². The maximum Gasteiger partial charge on any atom is 0.183 e. The molecule has 0 radical (unpaired) electrons. The Bertz CT molecular complexity index is 426. The summed E-state index contributed by atoms with van der Waals surface area (Å²) in [4.78, 5) is 4.16. The van der Waals surface area contributed by atoms with Crippen LogP contribution < -0.4 is 5.32 Å². The normalized spacial score (nSPS) is 10.9. The average Bonchev–Trinajstić information content (AvgIpc) is 2.24. The molecule has 1 N–H and O–H groups in total. The first-order valence-corrected chi connectivity index (χ1v) is 5.89. The molecule has 0 aromatic heterocycles. The van der Waals surface area contributed by atoms with E-state index in [4.69, 9.17) is 28.5 Å². The molecular weight excluding hydrogens is 253 g/mol. The van der Waals surface area contributed by atoms with Crippen LogP contribution >= 0.6 is 35.0 Å². The first-order chi connectivity index (χ1) is 7.19. The number of amidine groups is 1. The van der Waals surface area contributed by atoms with Gasteiger partial charge >= 0.3 is 0 Å². The molecule has 0 bridgehead atoms. The van der Waals surface area contributed by atoms with E-state index in [1.807, 2.05) is 6.26 Å². The summed E-state index contributed by atoms with van der Waals surface area (Å²) in [5, 5.41) is 12.2. The molecule has 0 amide bonds. The fourth-order valence-corrected chi connectivity index (χ4v) is 1.54. The Morgan fingerprint density at radius 1 is 1.53 bits per heavy atom. The van der Waals surface area contributed by atoms with Gasteiger partial charge in [0.2, 0.25) is 0 Å². The molecule has 1 aromatic rings. The summed E-state index contributed by atoms with van der Waals surface area (Å²) in [5.74, 6) is 0. The number of rotatable bonds is 1. The quantitative estimate of drug-likeness (QED) is 0.364. The van der Waals surface area contributed by atoms with Crippen LogP contribution in [-0.2, 0) is 0 Å². The van der Waals surface area contributed by atoms with E-state index in [0.717, 1.165) is 0 Å². The standard InChI is InChI=1S/C9H7Cl2N3S/c1-15-9(13-5-12)14-7-4-2-3-6(10)8(7)11/h2-4H,1H3,(H,13,14). The predicted molar refractivity (Wildman–Crippen MR) is 65.8 cm³/mol. The largest absolute Gasteiger partial charge is 0.271 e. The Morgan fingerprint density at radius 2 is 2.27 bits per heavy atom. The van der Waals surface area contributed by atoms with Crippen molar-refractivity contribution in [3.05, 3.63) is 28.2 Å². The first-order valence-electron chi connectivity index (χ1n) is 3.91. The van der Waals surface area contributed by atoms with Crippen LogP contribution in [-0.4, -0.2) is 11.4 Å². The Labute approximate surface area is 102 Å². The molecule has 0 atom stereocenters. The maximum atomic E-state index is 8.46. The lowest BCUT2D eigenvalue weighted by Gasteiger charge is -2.02. The van der Waals surface area contributed by atoms with Gasteiger partial charge in [0.1, 0.15) is 0 Å². The van der Waals surface area contributed by atoms with Crippen LogP contribution in [0.15, 0.2) is 23.2 Å². The van der Waals surface area contributed by atoms with Gasteiger partial charge in [-0.05, 0) is 18.4 Å². The summed E-state index contributed by atoms with van der Waals surface area (Å²) < 4.78 is 0. The molecular formula is C9H7Cl2N3S. The van der Waals surface area contributed by atoms with Gasteiger partial charge in [0.05, 0.1) is 15.7 Å². The smallest absolute Gasteiger partial charge is 0.183 e. The van der Waals surface area contributed by atoms with Crippen LogP contribution in [0.25, 0.3) is 0 Å². The lowest BCUT2D eigenvalue weighted by molar-refractivity contribution is 1.28. The summed E-state index contributed by atoms with van der Waals surface area (Å²) in [5.41, 5.74) is 0.538. The van der Waals surface area contributed by atoms with Crippen molar-refractivity contribution in [2.75, 3.05) is 6.26 Å². The minimum absolute atomic E-state index is 0.380. The van der Waals surface area contributed by atoms with Gasteiger partial charge < -0.3 is 0 Å². The third-order valence-electron chi connectivity index (χ3n) is 1.51. The summed E-state index contributed by atoms with van der Waals surface area (Å²) in [7, 11) is 0. The highest BCUT2D eigenvalue weighted by atomic mass is 35.5. The van der Waals surface area contributed by atoms with Crippen molar-refractivity contribution in [1.82, 2.24) is 5.32 Å². The summed E-state index contributed by atoms with van der Waals surface area (Å²) in [6.45, 7) is 0. The molecule has 0 fully saturated rings. The molecule has 0 spiro atoms. The molecule has 78 valence electrons. The van der Waals surface area contributed by atoms with E-state index in [1.54, 1.807) is 24.4 Å². The molecule has 0 saturated heterocycles. The third kappa shape index (κ3) is 3.31. The minimum atomic E-state index is 0.380. The molecule has 6 heteroatoms. The molecule has 1 aromatic carbocycles. The van der Waals surface area contributed by atoms with E-state index >= 15 is 0 Å². The van der Waals surface area contributed by atoms with E-state index in [9.17, 15) is 0 Å². The fourth-order valence-electron chi connectivity index (χ4n) is 0.861. The second-order valence-electron chi connectivity index (χ2n) is 2.43. The van der Waals surface area contributed by atoms with Crippen LogP contribution in [0.4, 0.5) is 5.69 Å². The molecule has 15 heavy (non-hydrogen) atoms. The maximum absolute atomic E-state index is 8.46. The van der Waals surface area contributed by atoms with Gasteiger partial charge in [-0.2, -0.15) is 5.26 Å². The molecule has 0 aliphatic carbocycles. The average molecular weight is 260 g/mol. The Balaban J connectivity index is 3.07. The summed E-state index contributed by atoms with van der Waals surface area (Å²) in [6.07, 6.45) is 3.60. The van der Waals surface area contributed by atoms with Gasteiger partial charge in [-0.25, -0.2) is 4.99 Å². The number of nitrogens with zero attached hydrogens (tertiary/aromatic N) is 2. The van der Waals surface area contributed by atoms with Crippen LogP contribution in [0, 0.1) is 11.5 Å². The van der Waals surface area contributed by atoms with Crippen molar-refractivity contribution < 1.29 is 0 Å². The zero-order chi connectivity index (χ0) is 11.3. The number of hydrogen-bond acceptors (Lipinski definition) is 3. The van der Waals surface area contributed by atoms with Crippen LogP contribution in [0.5, 0.6) is 0 Å². The molecule has 0 heterocycles. The van der Waals surface area contributed by atoms with Gasteiger partial charge in [0.15, 0.2) is 11.4 Å². The molecule has 3 nitrogen and oxygen atoms in total. The van der Waals surface area contributed by atoms with Gasteiger partial charge in [0, 0.05) is 0 Å². The van der Waals surface area contributed by atoms with Crippen molar-refractivity contribution in [3.63, 3.8) is 0 Å². The highest BCUT2D eigenvalue weighted by Crippen LogP contribution is 2.32. The fraction of sp³-hybridized carbons (Fsp3) is 0.111. The number of hydrogen-bond donors (Lipinski definition) is 1. The second kappa shape index (κ2) is 5.86. The van der Waals surface area contributed by atoms with E-state index < -0.39 is 0 Å². The van der Waals surface area contributed by atoms with Crippen molar-refractivity contribution >= 4 is 45.8 Å². The SMILES string of the molecule is CSC(=Nc1cccc(Cl)c1Cl)NC#N. The van der Waals surface area contributed by atoms with Crippen molar-refractivity contribution in [2.24, 2.45) is 4.99 Å². The number of halogens is 2. The number of nitrogens with one attached hydrogen (secondary N) is 1. The lowest BCUT2D eigenvalue weighted by atomic mass is 10.3. The zero-order valence-corrected chi connectivity index (χ0v) is 10.1. The van der Waals surface area contributed by atoms with Crippen LogP contribution in [0.2, 0.25) is 10.0 Å². The summed E-state index contributed by atoms with van der Waals surface area (Å²) >= 11 is 13.1. The number of aliphatic imine (C=N–C) groups is 1. The minimum Gasteiger partial charge on any atom is -0.271 e.